The van der Waals surface area contributed by atoms with Crippen LogP contribution < -0.4 is 15.2 Å². The highest BCUT2D eigenvalue weighted by molar-refractivity contribution is 9.10. The van der Waals surface area contributed by atoms with E-state index in [0.717, 1.165) is 34.6 Å². The topological polar surface area (TPSA) is 51.0 Å². The van der Waals surface area contributed by atoms with E-state index in [4.69, 9.17) is 15.2 Å². The largest absolute Gasteiger partial charge is 0.454 e. The minimum Gasteiger partial charge on any atom is -0.454 e. The molecule has 1 aromatic rings. The van der Waals surface area contributed by atoms with Crippen LogP contribution in [0.1, 0.15) is 11.6 Å². The zero-order valence-corrected chi connectivity index (χ0v) is 13.8. The van der Waals surface area contributed by atoms with Crippen LogP contribution in [0, 0.1) is 0 Å². The normalized spacial score (nSPS) is 15.2. The molecule has 0 fully saturated rings. The number of halogens is 1. The smallest absolute Gasteiger partial charge is 0.231 e. The summed E-state index contributed by atoms with van der Waals surface area (Å²) in [5, 5.41) is 0. The first-order valence-corrected chi connectivity index (χ1v) is 7.46. The van der Waals surface area contributed by atoms with Gasteiger partial charge in [-0.1, -0.05) is 0 Å². The fourth-order valence-corrected chi connectivity index (χ4v) is 2.84. The average Bonchev–Trinajstić information content (AvgIpc) is 2.86. The molecular weight excluding hydrogens is 322 g/mol. The third-order valence-electron chi connectivity index (χ3n) is 3.49. The van der Waals surface area contributed by atoms with Crippen molar-refractivity contribution in [3.05, 3.63) is 22.2 Å². The molecular formula is C14H22BrN3O2. The van der Waals surface area contributed by atoms with E-state index in [0.29, 0.717) is 6.54 Å². The molecule has 1 aromatic carbocycles. The maximum absolute atomic E-state index is 5.96. The lowest BCUT2D eigenvalue weighted by Gasteiger charge is -2.28. The molecule has 1 atom stereocenters. The molecule has 0 aliphatic carbocycles. The van der Waals surface area contributed by atoms with E-state index in [-0.39, 0.29) is 12.8 Å². The van der Waals surface area contributed by atoms with Gasteiger partial charge >= 0.3 is 0 Å². The third-order valence-corrected chi connectivity index (χ3v) is 4.08. The Bertz CT molecular complexity index is 468. The number of nitrogens with two attached hydrogens (primary N) is 1. The zero-order valence-electron chi connectivity index (χ0n) is 12.2. The van der Waals surface area contributed by atoms with Crippen LogP contribution in [0.5, 0.6) is 11.5 Å². The minimum atomic E-state index is 0.167. The van der Waals surface area contributed by atoms with Crippen LogP contribution in [-0.2, 0) is 0 Å². The van der Waals surface area contributed by atoms with Gasteiger partial charge in [-0.05, 0) is 54.8 Å². The number of hydrogen-bond donors (Lipinski definition) is 1. The maximum atomic E-state index is 5.96. The van der Waals surface area contributed by atoms with Gasteiger partial charge in [-0.25, -0.2) is 0 Å². The van der Waals surface area contributed by atoms with Gasteiger partial charge in [0.25, 0.3) is 0 Å². The van der Waals surface area contributed by atoms with Gasteiger partial charge in [0, 0.05) is 25.7 Å². The molecule has 1 unspecified atom stereocenters. The van der Waals surface area contributed by atoms with Gasteiger partial charge in [-0.3, -0.25) is 4.90 Å². The first-order valence-electron chi connectivity index (χ1n) is 6.67. The molecule has 2 rings (SSSR count). The van der Waals surface area contributed by atoms with Crippen LogP contribution in [0.15, 0.2) is 16.6 Å². The number of ether oxygens (including phenoxy) is 2. The molecule has 1 heterocycles. The summed E-state index contributed by atoms with van der Waals surface area (Å²) in [5.74, 6) is 1.56. The molecule has 2 N–H and O–H groups in total. The quantitative estimate of drug-likeness (QED) is 0.851. The molecule has 112 valence electrons. The maximum Gasteiger partial charge on any atom is 0.231 e. The molecule has 20 heavy (non-hydrogen) atoms. The molecule has 5 nitrogen and oxygen atoms in total. The number of nitrogens with zero attached hydrogens (tertiary/aromatic N) is 2. The fraction of sp³-hybridized carbons (Fsp3) is 0.571. The van der Waals surface area contributed by atoms with E-state index >= 15 is 0 Å². The summed E-state index contributed by atoms with van der Waals surface area (Å²) >= 11 is 3.53. The predicted molar refractivity (Wildman–Crippen MR) is 83.2 cm³/mol. The highest BCUT2D eigenvalue weighted by Crippen LogP contribution is 2.41. The number of benzene rings is 1. The molecule has 1 aliphatic rings. The van der Waals surface area contributed by atoms with Crippen molar-refractivity contribution in [1.29, 1.82) is 0 Å². The number of hydrogen-bond acceptors (Lipinski definition) is 5. The monoisotopic (exact) mass is 343 g/mol. The first-order chi connectivity index (χ1) is 9.52. The van der Waals surface area contributed by atoms with Gasteiger partial charge in [0.15, 0.2) is 11.5 Å². The van der Waals surface area contributed by atoms with Crippen LogP contribution in [0.4, 0.5) is 0 Å². The molecule has 0 amide bonds. The highest BCUT2D eigenvalue weighted by atomic mass is 79.9. The van der Waals surface area contributed by atoms with Gasteiger partial charge in [0.1, 0.15) is 0 Å². The van der Waals surface area contributed by atoms with E-state index in [1.54, 1.807) is 0 Å². The van der Waals surface area contributed by atoms with Crippen molar-refractivity contribution in [2.24, 2.45) is 5.73 Å². The Balaban J connectivity index is 2.17. The van der Waals surface area contributed by atoms with Gasteiger partial charge in [0.05, 0.1) is 4.47 Å². The predicted octanol–water partition coefficient (Wildman–Crippen LogP) is 1.67. The standard InChI is InChI=1S/C14H22BrN3O2/c1-17(2)4-5-18(3)12(8-16)10-6-11(15)14-13(7-10)19-9-20-14/h6-7,12H,4-5,8-9,16H2,1-3H3. The van der Waals surface area contributed by atoms with Gasteiger partial charge in [0.2, 0.25) is 6.79 Å². The van der Waals surface area contributed by atoms with Crippen molar-refractivity contribution in [2.75, 3.05) is 47.6 Å². The molecule has 0 saturated carbocycles. The van der Waals surface area contributed by atoms with Crippen LogP contribution >= 0.6 is 15.9 Å². The zero-order chi connectivity index (χ0) is 14.7. The van der Waals surface area contributed by atoms with Crippen LogP contribution in [0.25, 0.3) is 0 Å². The minimum absolute atomic E-state index is 0.167. The molecule has 0 bridgehead atoms. The van der Waals surface area contributed by atoms with Crippen molar-refractivity contribution in [3.8, 4) is 11.5 Å². The lowest BCUT2D eigenvalue weighted by Crippen LogP contribution is -2.35. The van der Waals surface area contributed by atoms with E-state index in [9.17, 15) is 0 Å². The summed E-state index contributed by atoms with van der Waals surface area (Å²) in [6.07, 6.45) is 0. The van der Waals surface area contributed by atoms with E-state index < -0.39 is 0 Å². The highest BCUT2D eigenvalue weighted by Gasteiger charge is 2.22. The van der Waals surface area contributed by atoms with E-state index in [1.807, 2.05) is 6.07 Å². The van der Waals surface area contributed by atoms with E-state index in [2.05, 4.69) is 52.9 Å². The summed E-state index contributed by atoms with van der Waals surface area (Å²) < 4.78 is 11.8. The Morgan fingerprint density at radius 3 is 2.65 bits per heavy atom. The number of rotatable bonds is 6. The lowest BCUT2D eigenvalue weighted by molar-refractivity contribution is 0.173. The van der Waals surface area contributed by atoms with Crippen LogP contribution in [-0.4, -0.2) is 57.4 Å². The van der Waals surface area contributed by atoms with Crippen LogP contribution in [0.3, 0.4) is 0 Å². The van der Waals surface area contributed by atoms with Gasteiger partial charge in [-0.15, -0.1) is 0 Å². The lowest BCUT2D eigenvalue weighted by atomic mass is 10.0. The fourth-order valence-electron chi connectivity index (χ4n) is 2.26. The Morgan fingerprint density at radius 1 is 1.25 bits per heavy atom. The Hall–Kier alpha value is -0.820. The first kappa shape index (κ1) is 15.6. The second kappa shape index (κ2) is 6.76. The summed E-state index contributed by atoms with van der Waals surface area (Å²) in [6, 6.07) is 4.26. The second-order valence-corrected chi connectivity index (χ2v) is 6.13. The van der Waals surface area contributed by atoms with Crippen molar-refractivity contribution < 1.29 is 9.47 Å². The van der Waals surface area contributed by atoms with Crippen molar-refractivity contribution in [3.63, 3.8) is 0 Å². The summed E-state index contributed by atoms with van der Waals surface area (Å²) in [4.78, 5) is 4.43. The number of fused-ring (bicyclic) bond motifs is 1. The Kier molecular flexibility index (Phi) is 5.26. The van der Waals surface area contributed by atoms with Gasteiger partial charge in [-0.2, -0.15) is 0 Å². The number of likely N-dealkylation sites (N-methyl/N-ethyl adjacent to an activating group) is 2. The molecule has 6 heteroatoms. The molecule has 1 aliphatic heterocycles. The second-order valence-electron chi connectivity index (χ2n) is 5.27. The molecule has 0 spiro atoms. The molecule has 0 saturated heterocycles. The SMILES string of the molecule is CN(C)CCN(C)C(CN)c1cc(Br)c2c(c1)OCO2. The summed E-state index contributed by atoms with van der Waals surface area (Å²) in [5.41, 5.74) is 7.11. The van der Waals surface area contributed by atoms with Gasteiger partial charge < -0.3 is 20.1 Å². The Morgan fingerprint density at radius 2 is 2.00 bits per heavy atom. The average molecular weight is 344 g/mol. The summed E-state index contributed by atoms with van der Waals surface area (Å²) in [7, 11) is 6.24. The third kappa shape index (κ3) is 3.44. The van der Waals surface area contributed by atoms with Crippen molar-refractivity contribution in [1.82, 2.24) is 9.80 Å². The van der Waals surface area contributed by atoms with Crippen molar-refractivity contribution in [2.45, 2.75) is 6.04 Å². The molecule has 0 aromatic heterocycles. The Labute approximate surface area is 128 Å². The van der Waals surface area contributed by atoms with E-state index in [1.165, 1.54) is 0 Å². The molecule has 0 radical (unpaired) electrons. The summed E-state index contributed by atoms with van der Waals surface area (Å²) in [6.45, 7) is 2.80. The van der Waals surface area contributed by atoms with Crippen LogP contribution in [0.2, 0.25) is 0 Å². The van der Waals surface area contributed by atoms with Crippen molar-refractivity contribution >= 4 is 15.9 Å².